The van der Waals surface area contributed by atoms with Crippen LogP contribution in [0.2, 0.25) is 5.02 Å². The van der Waals surface area contributed by atoms with Gasteiger partial charge in [-0.1, -0.05) is 11.6 Å². The number of nitrogens with one attached hydrogen (secondary N) is 2. The quantitative estimate of drug-likeness (QED) is 0.773. The molecule has 2 N–H and O–H groups in total. The molecule has 1 aliphatic rings. The normalized spacial score (nSPS) is 17.0. The predicted molar refractivity (Wildman–Crippen MR) is 78.4 cm³/mol. The Morgan fingerprint density at radius 2 is 2.10 bits per heavy atom. The number of ether oxygens (including phenoxy) is 1. The SMILES string of the molecule is O=S(=O)(NCCOC1CCNCC1)c1cc(F)ccc1Cl. The van der Waals surface area contributed by atoms with Gasteiger partial charge in [0.2, 0.25) is 10.0 Å². The van der Waals surface area contributed by atoms with Gasteiger partial charge in [-0.2, -0.15) is 0 Å². The first-order valence-corrected chi connectivity index (χ1v) is 8.62. The molecule has 0 amide bonds. The van der Waals surface area contributed by atoms with Gasteiger partial charge in [0.05, 0.1) is 17.7 Å². The molecule has 0 spiro atoms. The molecule has 1 aromatic carbocycles. The standard InChI is InChI=1S/C13H18ClFN2O3S/c14-12-2-1-10(15)9-13(12)21(18,19)17-7-8-20-11-3-5-16-6-4-11/h1-2,9,11,16-17H,3-8H2. The van der Waals surface area contributed by atoms with E-state index in [0.717, 1.165) is 38.1 Å². The third kappa shape index (κ3) is 4.89. The fraction of sp³-hybridized carbons (Fsp3) is 0.538. The monoisotopic (exact) mass is 336 g/mol. The summed E-state index contributed by atoms with van der Waals surface area (Å²) in [7, 11) is -3.83. The van der Waals surface area contributed by atoms with Crippen molar-refractivity contribution in [3.8, 4) is 0 Å². The molecule has 0 aliphatic carbocycles. The molecular weight excluding hydrogens is 319 g/mol. The highest BCUT2D eigenvalue weighted by Crippen LogP contribution is 2.21. The summed E-state index contributed by atoms with van der Waals surface area (Å²) in [6.45, 7) is 2.22. The first-order valence-electron chi connectivity index (χ1n) is 6.76. The summed E-state index contributed by atoms with van der Waals surface area (Å²) in [6, 6.07) is 3.23. The summed E-state index contributed by atoms with van der Waals surface area (Å²) in [5.41, 5.74) is 0. The number of rotatable bonds is 6. The number of hydrogen-bond acceptors (Lipinski definition) is 4. The van der Waals surface area contributed by atoms with Crippen LogP contribution in [0.15, 0.2) is 23.1 Å². The molecule has 1 aliphatic heterocycles. The fourth-order valence-corrected chi connectivity index (χ4v) is 3.65. The Kier molecular flexibility index (Phi) is 5.95. The second-order valence-electron chi connectivity index (χ2n) is 4.79. The van der Waals surface area contributed by atoms with Gasteiger partial charge in [-0.3, -0.25) is 0 Å². The van der Waals surface area contributed by atoms with Crippen LogP contribution in [0.25, 0.3) is 0 Å². The minimum Gasteiger partial charge on any atom is -0.377 e. The summed E-state index contributed by atoms with van der Waals surface area (Å²) in [5, 5.41) is 3.21. The minimum atomic E-state index is -3.83. The summed E-state index contributed by atoms with van der Waals surface area (Å²) >= 11 is 5.79. The van der Waals surface area contributed by atoms with Gasteiger partial charge in [-0.25, -0.2) is 17.5 Å². The molecule has 0 atom stereocenters. The van der Waals surface area contributed by atoms with Gasteiger partial charge in [-0.15, -0.1) is 0 Å². The van der Waals surface area contributed by atoms with Crippen LogP contribution < -0.4 is 10.0 Å². The minimum absolute atomic E-state index is 0.0110. The maximum atomic E-state index is 13.1. The lowest BCUT2D eigenvalue weighted by Crippen LogP contribution is -2.34. The van der Waals surface area contributed by atoms with E-state index in [9.17, 15) is 12.8 Å². The van der Waals surface area contributed by atoms with E-state index in [1.807, 2.05) is 0 Å². The van der Waals surface area contributed by atoms with Gasteiger partial charge in [0, 0.05) is 6.54 Å². The van der Waals surface area contributed by atoms with Gasteiger partial charge in [0.15, 0.2) is 0 Å². The van der Waals surface area contributed by atoms with E-state index in [1.54, 1.807) is 0 Å². The Hall–Kier alpha value is -0.730. The Morgan fingerprint density at radius 3 is 2.81 bits per heavy atom. The summed E-state index contributed by atoms with van der Waals surface area (Å²) in [5.74, 6) is -0.647. The van der Waals surface area contributed by atoms with Crippen molar-refractivity contribution in [3.05, 3.63) is 29.0 Å². The van der Waals surface area contributed by atoms with Crippen molar-refractivity contribution in [2.75, 3.05) is 26.2 Å². The van der Waals surface area contributed by atoms with Crippen LogP contribution in [0.3, 0.4) is 0 Å². The molecule has 0 saturated carbocycles. The highest BCUT2D eigenvalue weighted by atomic mass is 35.5. The van der Waals surface area contributed by atoms with Crippen LogP contribution >= 0.6 is 11.6 Å². The van der Waals surface area contributed by atoms with Crippen molar-refractivity contribution < 1.29 is 17.5 Å². The molecule has 0 aromatic heterocycles. The second-order valence-corrected chi connectivity index (χ2v) is 6.94. The van der Waals surface area contributed by atoms with Gasteiger partial charge < -0.3 is 10.1 Å². The van der Waals surface area contributed by atoms with Crippen molar-refractivity contribution in [3.63, 3.8) is 0 Å². The molecule has 21 heavy (non-hydrogen) atoms. The lowest BCUT2D eigenvalue weighted by atomic mass is 10.1. The molecule has 1 heterocycles. The molecule has 1 aromatic rings. The molecule has 1 fully saturated rings. The topological polar surface area (TPSA) is 67.4 Å². The zero-order chi connectivity index (χ0) is 15.3. The van der Waals surface area contributed by atoms with E-state index in [2.05, 4.69) is 10.0 Å². The Balaban J connectivity index is 1.85. The fourth-order valence-electron chi connectivity index (χ4n) is 2.12. The molecule has 2 rings (SSSR count). The van der Waals surface area contributed by atoms with Crippen LogP contribution in [-0.2, 0) is 14.8 Å². The average molecular weight is 337 g/mol. The maximum absolute atomic E-state index is 13.1. The largest absolute Gasteiger partial charge is 0.377 e. The highest BCUT2D eigenvalue weighted by molar-refractivity contribution is 7.89. The number of sulfonamides is 1. The number of hydrogen-bond donors (Lipinski definition) is 2. The summed E-state index contributed by atoms with van der Waals surface area (Å²) in [6.07, 6.45) is 2.00. The van der Waals surface area contributed by atoms with Crippen LogP contribution in [0.1, 0.15) is 12.8 Å². The Labute approximate surface area is 128 Å². The molecule has 1 saturated heterocycles. The van der Waals surface area contributed by atoms with Crippen LogP contribution in [0.4, 0.5) is 4.39 Å². The second kappa shape index (κ2) is 7.51. The Bertz CT molecular complexity index is 577. The number of piperidine rings is 1. The lowest BCUT2D eigenvalue weighted by Gasteiger charge is -2.22. The third-order valence-corrected chi connectivity index (χ3v) is 5.16. The van der Waals surface area contributed by atoms with E-state index in [1.165, 1.54) is 6.07 Å². The van der Waals surface area contributed by atoms with E-state index < -0.39 is 15.8 Å². The van der Waals surface area contributed by atoms with Crippen LogP contribution in [-0.4, -0.2) is 40.8 Å². The third-order valence-electron chi connectivity index (χ3n) is 3.22. The van der Waals surface area contributed by atoms with Crippen molar-refractivity contribution in [2.45, 2.75) is 23.8 Å². The zero-order valence-electron chi connectivity index (χ0n) is 11.4. The van der Waals surface area contributed by atoms with Gasteiger partial charge in [0.25, 0.3) is 0 Å². The number of benzene rings is 1. The summed E-state index contributed by atoms with van der Waals surface area (Å²) in [4.78, 5) is -0.258. The van der Waals surface area contributed by atoms with Gasteiger partial charge in [-0.05, 0) is 44.1 Å². The van der Waals surface area contributed by atoms with Gasteiger partial charge in [0.1, 0.15) is 10.7 Å². The highest BCUT2D eigenvalue weighted by Gasteiger charge is 2.19. The first kappa shape index (κ1) is 16.6. The maximum Gasteiger partial charge on any atom is 0.242 e. The molecule has 0 unspecified atom stereocenters. The van der Waals surface area contributed by atoms with Crippen molar-refractivity contribution >= 4 is 21.6 Å². The van der Waals surface area contributed by atoms with Gasteiger partial charge >= 0.3 is 0 Å². The first-order chi connectivity index (χ1) is 9.99. The zero-order valence-corrected chi connectivity index (χ0v) is 13.0. The van der Waals surface area contributed by atoms with Crippen LogP contribution in [0.5, 0.6) is 0 Å². The van der Waals surface area contributed by atoms with E-state index in [4.69, 9.17) is 16.3 Å². The van der Waals surface area contributed by atoms with E-state index in [0.29, 0.717) is 0 Å². The number of halogens is 2. The molecular formula is C13H18ClFN2O3S. The van der Waals surface area contributed by atoms with E-state index in [-0.39, 0.29) is 29.2 Å². The molecule has 5 nitrogen and oxygen atoms in total. The van der Waals surface area contributed by atoms with E-state index >= 15 is 0 Å². The molecule has 118 valence electrons. The molecule has 0 radical (unpaired) electrons. The lowest BCUT2D eigenvalue weighted by molar-refractivity contribution is 0.0367. The smallest absolute Gasteiger partial charge is 0.242 e. The predicted octanol–water partition coefficient (Wildman–Crippen LogP) is 1.53. The molecule has 0 bridgehead atoms. The van der Waals surface area contributed by atoms with Crippen LogP contribution in [0, 0.1) is 5.82 Å². The van der Waals surface area contributed by atoms with Crippen molar-refractivity contribution in [2.24, 2.45) is 0 Å². The van der Waals surface area contributed by atoms with Crippen molar-refractivity contribution in [1.82, 2.24) is 10.0 Å². The average Bonchev–Trinajstić information content (AvgIpc) is 2.47. The summed E-state index contributed by atoms with van der Waals surface area (Å²) < 4.78 is 45.1. The molecule has 8 heteroatoms. The Morgan fingerprint density at radius 1 is 1.38 bits per heavy atom. The van der Waals surface area contributed by atoms with Crippen molar-refractivity contribution in [1.29, 1.82) is 0 Å².